The number of aryl methyl sites for hydroxylation is 1. The number of aromatic amines is 1. The molecule has 0 fully saturated rings. The van der Waals surface area contributed by atoms with Crippen molar-refractivity contribution in [2.45, 2.75) is 19.3 Å². The summed E-state index contributed by atoms with van der Waals surface area (Å²) in [5.74, 6) is 1.06. The molecule has 0 spiro atoms. The van der Waals surface area contributed by atoms with Crippen LogP contribution in [0.3, 0.4) is 0 Å². The van der Waals surface area contributed by atoms with E-state index in [0.717, 1.165) is 58.0 Å². The molecule has 0 unspecified atom stereocenters. The van der Waals surface area contributed by atoms with Gasteiger partial charge in [0, 0.05) is 49.0 Å². The van der Waals surface area contributed by atoms with E-state index in [-0.39, 0.29) is 11.8 Å². The van der Waals surface area contributed by atoms with E-state index < -0.39 is 0 Å². The van der Waals surface area contributed by atoms with E-state index in [2.05, 4.69) is 27.4 Å². The Balaban J connectivity index is 1.77. The van der Waals surface area contributed by atoms with Crippen molar-refractivity contribution in [2.24, 2.45) is 5.73 Å². The van der Waals surface area contributed by atoms with Crippen LogP contribution >= 0.6 is 0 Å². The zero-order chi connectivity index (χ0) is 20.0. The Morgan fingerprint density at radius 3 is 3.00 bits per heavy atom. The van der Waals surface area contributed by atoms with E-state index in [1.807, 2.05) is 31.2 Å². The fourth-order valence-corrected chi connectivity index (χ4v) is 4.32. The number of nitrogens with zero attached hydrogens (tertiary/aromatic N) is 3. The summed E-state index contributed by atoms with van der Waals surface area (Å²) in [5.41, 5.74) is 12.0. The van der Waals surface area contributed by atoms with Gasteiger partial charge in [-0.25, -0.2) is 9.97 Å². The quantitative estimate of drug-likeness (QED) is 0.586. The lowest BCUT2D eigenvalue weighted by Crippen LogP contribution is -2.34. The summed E-state index contributed by atoms with van der Waals surface area (Å²) in [5, 5.41) is 3.02. The molecule has 2 aliphatic rings. The maximum atomic E-state index is 12.4. The predicted octanol–water partition coefficient (Wildman–Crippen LogP) is 2.49. The minimum absolute atomic E-state index is 0.0215. The number of fused-ring (bicyclic) bond motifs is 3. The number of hydrogen-bond donors (Lipinski definition) is 3. The molecular formula is C22H24N6O. The van der Waals surface area contributed by atoms with Gasteiger partial charge >= 0.3 is 0 Å². The second-order valence-corrected chi connectivity index (χ2v) is 7.67. The molecule has 0 saturated heterocycles. The lowest BCUT2D eigenvalue weighted by molar-refractivity contribution is 0.0940. The van der Waals surface area contributed by atoms with Crippen molar-refractivity contribution < 1.29 is 4.79 Å². The number of H-pyrrole nitrogens is 1. The number of nitrogens with one attached hydrogen (secondary N) is 2. The fourth-order valence-electron chi connectivity index (χ4n) is 4.32. The number of anilines is 1. The van der Waals surface area contributed by atoms with Crippen molar-refractivity contribution >= 4 is 22.8 Å². The summed E-state index contributed by atoms with van der Waals surface area (Å²) in [7, 11) is 0. The third kappa shape index (κ3) is 2.98. The number of aromatic nitrogens is 3. The molecule has 4 N–H and O–H groups in total. The molecular weight excluding hydrogens is 364 g/mol. The van der Waals surface area contributed by atoms with Gasteiger partial charge in [-0.05, 0) is 25.5 Å². The monoisotopic (exact) mass is 388 g/mol. The maximum Gasteiger partial charge on any atom is 0.253 e. The molecule has 0 radical (unpaired) electrons. The van der Waals surface area contributed by atoms with Crippen LogP contribution in [0.15, 0.2) is 36.4 Å². The van der Waals surface area contributed by atoms with Gasteiger partial charge in [0.15, 0.2) is 5.82 Å². The normalized spacial score (nSPS) is 19.4. The van der Waals surface area contributed by atoms with Crippen molar-refractivity contribution in [3.8, 4) is 11.3 Å². The van der Waals surface area contributed by atoms with Crippen LogP contribution in [0.25, 0.3) is 22.3 Å². The highest BCUT2D eigenvalue weighted by Crippen LogP contribution is 2.34. The first kappa shape index (κ1) is 17.9. The molecule has 3 aromatic rings. The Hall–Kier alpha value is -3.19. The number of para-hydroxylation sites is 1. The van der Waals surface area contributed by atoms with Gasteiger partial charge in [0.25, 0.3) is 5.91 Å². The predicted molar refractivity (Wildman–Crippen MR) is 114 cm³/mol. The van der Waals surface area contributed by atoms with Gasteiger partial charge in [0.2, 0.25) is 0 Å². The number of nitrogens with two attached hydrogens (primary N) is 1. The van der Waals surface area contributed by atoms with Crippen molar-refractivity contribution in [1.29, 1.82) is 0 Å². The summed E-state index contributed by atoms with van der Waals surface area (Å²) in [6.07, 6.45) is 5.20. The average molecular weight is 388 g/mol. The van der Waals surface area contributed by atoms with Crippen LogP contribution in [0.5, 0.6) is 0 Å². The van der Waals surface area contributed by atoms with Gasteiger partial charge in [-0.2, -0.15) is 0 Å². The van der Waals surface area contributed by atoms with Gasteiger partial charge < -0.3 is 20.9 Å². The molecule has 0 aliphatic carbocycles. The van der Waals surface area contributed by atoms with Crippen LogP contribution in [0.4, 0.5) is 5.82 Å². The van der Waals surface area contributed by atoms with Gasteiger partial charge in [0.05, 0.1) is 16.8 Å². The number of benzene rings is 1. The second-order valence-electron chi connectivity index (χ2n) is 7.67. The van der Waals surface area contributed by atoms with Gasteiger partial charge in [-0.1, -0.05) is 24.3 Å². The fraction of sp³-hybridized carbons (Fsp3) is 0.318. The molecule has 7 nitrogen and oxygen atoms in total. The second kappa shape index (κ2) is 7.00. The maximum absolute atomic E-state index is 12.4. The Morgan fingerprint density at radius 1 is 1.24 bits per heavy atom. The third-order valence-electron chi connectivity index (χ3n) is 5.76. The minimum atomic E-state index is -0.0215. The zero-order valence-electron chi connectivity index (χ0n) is 16.4. The van der Waals surface area contributed by atoms with Gasteiger partial charge in [-0.3, -0.25) is 4.79 Å². The highest BCUT2D eigenvalue weighted by Gasteiger charge is 2.28. The highest BCUT2D eigenvalue weighted by atomic mass is 16.1. The Labute approximate surface area is 169 Å². The lowest BCUT2D eigenvalue weighted by atomic mass is 9.94. The molecule has 7 heteroatoms. The average Bonchev–Trinajstić information content (AvgIpc) is 3.17. The smallest absolute Gasteiger partial charge is 0.253 e. The van der Waals surface area contributed by atoms with E-state index in [0.29, 0.717) is 19.6 Å². The third-order valence-corrected chi connectivity index (χ3v) is 5.76. The number of carbonyl (C=O) groups is 1. The van der Waals surface area contributed by atoms with Crippen LogP contribution in [0.1, 0.15) is 34.1 Å². The first-order chi connectivity index (χ1) is 14.2. The summed E-state index contributed by atoms with van der Waals surface area (Å²) in [6, 6.07) is 7.94. The van der Waals surface area contributed by atoms with Crippen LogP contribution in [0, 0.1) is 6.92 Å². The molecule has 1 amide bonds. The first-order valence-electron chi connectivity index (χ1n) is 10.0. The van der Waals surface area contributed by atoms with E-state index in [9.17, 15) is 4.79 Å². The van der Waals surface area contributed by atoms with E-state index in [1.165, 1.54) is 0 Å². The standard InChI is InChI=1S/C22H24N6O/c1-13-21-27-20-15(6-4-7-17(20)25-13)18-11-16-19(26-18)14(12-24-22(16)29)5-2-3-9-28(21)10-8-23/h2-4,6-7,11,14,26H,5,8-10,12,23H2,1H3,(H,24,29)/b3-2+/t14-/m0/s1. The number of allylic oxidation sites excluding steroid dienone is 1. The van der Waals surface area contributed by atoms with Crippen LogP contribution in [0.2, 0.25) is 0 Å². The molecule has 2 aromatic heterocycles. The SMILES string of the molecule is Cc1nc2cccc3c2nc1N(CCN)C/C=C/C[C@H]1CNC(=O)c2cc-3[nH]c21. The molecule has 1 aromatic carbocycles. The molecule has 0 saturated carbocycles. The minimum Gasteiger partial charge on any atom is -0.357 e. The summed E-state index contributed by atoms with van der Waals surface area (Å²) >= 11 is 0. The Bertz CT molecular complexity index is 1130. The topological polar surface area (TPSA) is 99.9 Å². The number of carbonyl (C=O) groups excluding carboxylic acids is 1. The van der Waals surface area contributed by atoms with E-state index in [1.54, 1.807) is 0 Å². The van der Waals surface area contributed by atoms with Gasteiger partial charge in [-0.15, -0.1) is 0 Å². The van der Waals surface area contributed by atoms with Crippen LogP contribution in [-0.4, -0.2) is 47.0 Å². The lowest BCUT2D eigenvalue weighted by Gasteiger charge is -2.24. The largest absolute Gasteiger partial charge is 0.357 e. The molecule has 148 valence electrons. The molecule has 2 aliphatic heterocycles. The summed E-state index contributed by atoms with van der Waals surface area (Å²) < 4.78 is 0. The number of rotatable bonds is 2. The zero-order valence-corrected chi connectivity index (χ0v) is 16.4. The van der Waals surface area contributed by atoms with Crippen molar-refractivity contribution in [2.75, 3.05) is 31.1 Å². The highest BCUT2D eigenvalue weighted by molar-refractivity contribution is 6.00. The van der Waals surface area contributed by atoms with E-state index >= 15 is 0 Å². The van der Waals surface area contributed by atoms with E-state index in [4.69, 9.17) is 15.7 Å². The number of hydrogen-bond acceptors (Lipinski definition) is 5. The van der Waals surface area contributed by atoms with Crippen molar-refractivity contribution in [3.05, 3.63) is 53.4 Å². The van der Waals surface area contributed by atoms with Gasteiger partial charge in [0.1, 0.15) is 5.52 Å². The molecule has 1 atom stereocenters. The first-order valence-corrected chi connectivity index (χ1v) is 10.0. The van der Waals surface area contributed by atoms with Crippen molar-refractivity contribution in [1.82, 2.24) is 20.3 Å². The molecule has 4 heterocycles. The number of amides is 1. The molecule has 5 rings (SSSR count). The summed E-state index contributed by atoms with van der Waals surface area (Å²) in [4.78, 5) is 28.0. The van der Waals surface area contributed by atoms with Crippen LogP contribution < -0.4 is 16.0 Å². The Kier molecular flexibility index (Phi) is 4.32. The molecule has 29 heavy (non-hydrogen) atoms. The molecule has 4 bridgehead atoms. The summed E-state index contributed by atoms with van der Waals surface area (Å²) in [6.45, 7) is 4.61. The Morgan fingerprint density at radius 2 is 2.14 bits per heavy atom. The van der Waals surface area contributed by atoms with Crippen LogP contribution in [-0.2, 0) is 0 Å². The van der Waals surface area contributed by atoms with Crippen molar-refractivity contribution in [3.63, 3.8) is 0 Å².